The molecule has 0 aromatic carbocycles. The van der Waals surface area contributed by atoms with E-state index in [1.54, 1.807) is 7.11 Å². The summed E-state index contributed by atoms with van der Waals surface area (Å²) in [5, 5.41) is 129. The lowest BCUT2D eigenvalue weighted by Crippen LogP contribution is -2.64. The lowest BCUT2D eigenvalue weighted by molar-refractivity contribution is -0.270. The Hall–Kier alpha value is -6.47. The van der Waals surface area contributed by atoms with Crippen LogP contribution >= 0.6 is 0 Å². The fourth-order valence-corrected chi connectivity index (χ4v) is 14.1. The standard InChI is InChI=1S/C80H143N11O31/c1-52(95)87-68-74(110)71(107)58(45-92)120-77(68)117-36-16-13-23-61(100)81-30-19-33-84-64(103)27-39-114-49-80(90-67(106)26-12-10-8-6-5-7-9-11-22-56(98)43-91-44-57(99)42-55(91)48-113-4,50-115-40-28-65(104)85-34-20-31-82-62(101)24-14-17-37-118-78-69(88-53(2)96)75(111)72(108)59(46-93)121-78)51-116-41-29-66(105)86-35-21-32-83-63(102)25-15-18-38-119-79-70(89-54(3)97)76(112)73(109)60(47-94)122-79/h55,57-60,68-79,92-94,99,107-112H,5-51H2,1-4H3,(H,81,100)(H,82,101)(H,83,102)(H,84,103)(H,85,104)(H,86,105)(H,87,95)(H,88,96)(H,89,97)(H,90,106)/t55-,57?,58?,59?,60?,68?,69?,70?,71?,72?,73?,74?,75?,76?,77?,78?,79?,80?/m0/s1. The van der Waals surface area contributed by atoms with E-state index in [1.165, 1.54) is 20.8 Å². The van der Waals surface area contributed by atoms with Crippen LogP contribution in [-0.4, -0.2) is 376 Å². The zero-order valence-corrected chi connectivity index (χ0v) is 71.5. The molecule has 42 heteroatoms. The molecular formula is C80H143N11O31. The topological polar surface area (TPSA) is 606 Å². The highest BCUT2D eigenvalue weighted by Gasteiger charge is 2.48. The third-order valence-electron chi connectivity index (χ3n) is 20.8. The van der Waals surface area contributed by atoms with Gasteiger partial charge in [-0.25, -0.2) is 0 Å². The number of aliphatic hydroxyl groups is 10. The molecule has 17 atom stereocenters. The van der Waals surface area contributed by atoms with Gasteiger partial charge in [-0.05, 0) is 77.0 Å². The van der Waals surface area contributed by atoms with Gasteiger partial charge in [0.05, 0.1) is 78.7 Å². The quantitative estimate of drug-likeness (QED) is 0.0253. The van der Waals surface area contributed by atoms with Crippen molar-refractivity contribution in [2.24, 2.45) is 0 Å². The maximum Gasteiger partial charge on any atom is 0.222 e. The summed E-state index contributed by atoms with van der Waals surface area (Å²) in [6.07, 6.45) is -4.82. The van der Waals surface area contributed by atoms with Gasteiger partial charge in [0, 0.05) is 151 Å². The van der Waals surface area contributed by atoms with E-state index < -0.39 is 141 Å². The van der Waals surface area contributed by atoms with Crippen molar-refractivity contribution in [3.8, 4) is 0 Å². The normalized spacial score (nSPS) is 25.2. The molecule has 0 radical (unpaired) electrons. The first-order valence-electron chi connectivity index (χ1n) is 43.1. The molecule has 16 unspecified atom stereocenters. The number of nitrogens with one attached hydrogen (secondary N) is 10. The van der Waals surface area contributed by atoms with Gasteiger partial charge in [-0.2, -0.15) is 0 Å². The predicted molar refractivity (Wildman–Crippen MR) is 434 cm³/mol. The summed E-state index contributed by atoms with van der Waals surface area (Å²) in [6.45, 7) is 3.52. The van der Waals surface area contributed by atoms with Gasteiger partial charge in [-0.15, -0.1) is 0 Å². The number of ketones is 1. The number of methoxy groups -OCH3 is 1. The highest BCUT2D eigenvalue weighted by atomic mass is 16.7. The van der Waals surface area contributed by atoms with Crippen LogP contribution in [0.5, 0.6) is 0 Å². The zero-order chi connectivity index (χ0) is 89.6. The zero-order valence-electron chi connectivity index (χ0n) is 71.5. The van der Waals surface area contributed by atoms with E-state index in [9.17, 15) is 104 Å². The number of hydrogen-bond acceptors (Lipinski definition) is 32. The smallest absolute Gasteiger partial charge is 0.222 e. The molecule has 0 aliphatic carbocycles. The van der Waals surface area contributed by atoms with Gasteiger partial charge in [-0.1, -0.05) is 38.5 Å². The van der Waals surface area contributed by atoms with E-state index in [4.69, 9.17) is 47.4 Å². The number of carbonyl (C=O) groups is 11. The number of likely N-dealkylation sites (tertiary alicyclic amines) is 1. The Morgan fingerprint density at radius 1 is 0.369 bits per heavy atom. The fraction of sp³-hybridized carbons (Fsp3) is 0.863. The Morgan fingerprint density at radius 2 is 0.664 bits per heavy atom. The molecule has 42 nitrogen and oxygen atoms in total. The van der Waals surface area contributed by atoms with E-state index in [2.05, 4.69) is 53.2 Å². The fourth-order valence-electron chi connectivity index (χ4n) is 14.1. The molecule has 0 spiro atoms. The lowest BCUT2D eigenvalue weighted by Gasteiger charge is -2.42. The van der Waals surface area contributed by atoms with E-state index in [1.807, 2.05) is 4.90 Å². The van der Waals surface area contributed by atoms with E-state index in [-0.39, 0.29) is 197 Å². The van der Waals surface area contributed by atoms with Crippen molar-refractivity contribution < 1.29 is 151 Å². The molecule has 20 N–H and O–H groups in total. The number of carbonyl (C=O) groups excluding carboxylic acids is 11. The maximum absolute atomic E-state index is 14.1. The van der Waals surface area contributed by atoms with Crippen molar-refractivity contribution in [2.45, 2.75) is 297 Å². The van der Waals surface area contributed by atoms with Crippen LogP contribution in [0.25, 0.3) is 0 Å². The van der Waals surface area contributed by atoms with Crippen LogP contribution in [0.4, 0.5) is 0 Å². The minimum absolute atomic E-state index is 0.0200. The van der Waals surface area contributed by atoms with Crippen LogP contribution in [0.2, 0.25) is 0 Å². The minimum Gasteiger partial charge on any atom is -0.394 e. The van der Waals surface area contributed by atoms with Gasteiger partial charge in [-0.3, -0.25) is 57.6 Å². The molecule has 0 bridgehead atoms. The largest absolute Gasteiger partial charge is 0.394 e. The summed E-state index contributed by atoms with van der Waals surface area (Å²) in [4.78, 5) is 142. The number of Topliss-reactive ketones (excluding diaryl/α,β-unsaturated/α-hetero) is 1. The number of rotatable bonds is 67. The van der Waals surface area contributed by atoms with Crippen LogP contribution in [0.15, 0.2) is 0 Å². The molecule has 0 saturated carbocycles. The molecule has 4 fully saturated rings. The summed E-state index contributed by atoms with van der Waals surface area (Å²) in [7, 11) is 1.60. The number of β-amino-alcohol motifs (C(OH)–C–C–N with tert-alkyl or cyclic N) is 1. The summed E-state index contributed by atoms with van der Waals surface area (Å²) in [6, 6.07) is -3.28. The Bertz CT molecular complexity index is 2790. The van der Waals surface area contributed by atoms with Crippen LogP contribution < -0.4 is 53.2 Å². The summed E-state index contributed by atoms with van der Waals surface area (Å²) in [5.74, 6) is -3.60. The first-order chi connectivity index (χ1) is 58.5. The van der Waals surface area contributed by atoms with Gasteiger partial charge >= 0.3 is 0 Å². The van der Waals surface area contributed by atoms with Gasteiger partial charge in [0.25, 0.3) is 0 Å². The minimum atomic E-state index is -1.46. The molecule has 704 valence electrons. The SMILES string of the molecule is COC[C@@H]1CC(O)CN1CC(=O)CCCCCCCCCCC(=O)NC(COCCC(=O)NCCCNC(=O)CCCCOC1OC(CO)C(O)C(O)C1NC(C)=O)(COCCC(=O)NCCCNC(=O)CCCCOC1OC(CO)C(O)C(O)C1NC(C)=O)COCCC(=O)NCCCNC(=O)CCCCOC1OC(CO)C(O)C(O)C1NC(C)=O. The van der Waals surface area contributed by atoms with Crippen molar-refractivity contribution in [2.75, 3.05) is 145 Å². The van der Waals surface area contributed by atoms with Crippen molar-refractivity contribution in [3.05, 3.63) is 0 Å². The maximum atomic E-state index is 14.1. The second-order valence-corrected chi connectivity index (χ2v) is 31.5. The van der Waals surface area contributed by atoms with Gasteiger partial charge in [0.1, 0.15) is 84.4 Å². The second kappa shape index (κ2) is 62.6. The highest BCUT2D eigenvalue weighted by molar-refractivity contribution is 5.81. The van der Waals surface area contributed by atoms with Crippen LogP contribution in [0.3, 0.4) is 0 Å². The average Bonchev–Trinajstić information content (AvgIpc) is 0.997. The number of hydrogen-bond donors (Lipinski definition) is 20. The van der Waals surface area contributed by atoms with E-state index in [0.717, 1.165) is 44.9 Å². The number of ether oxygens (including phenoxy) is 10. The Balaban J connectivity index is 1.30. The molecule has 4 aliphatic heterocycles. The Labute approximate surface area is 714 Å². The predicted octanol–water partition coefficient (Wildman–Crippen LogP) is -5.13. The number of aliphatic hydroxyl groups excluding tert-OH is 10. The molecule has 10 amide bonds. The van der Waals surface area contributed by atoms with E-state index >= 15 is 0 Å². The van der Waals surface area contributed by atoms with Crippen LogP contribution in [0, 0.1) is 0 Å². The molecule has 4 aliphatic rings. The summed E-state index contributed by atoms with van der Waals surface area (Å²) < 4.78 is 57.5. The number of amides is 10. The molecule has 0 aromatic heterocycles. The monoisotopic (exact) mass is 1750 g/mol. The Kier molecular flexibility index (Phi) is 55.4. The van der Waals surface area contributed by atoms with Crippen molar-refractivity contribution in [1.82, 2.24) is 58.1 Å². The molecule has 0 aromatic rings. The number of nitrogens with zero attached hydrogens (tertiary/aromatic N) is 1. The first kappa shape index (κ1) is 108. The second-order valence-electron chi connectivity index (χ2n) is 31.5. The van der Waals surface area contributed by atoms with Gasteiger partial charge in [0.15, 0.2) is 18.9 Å². The molecule has 4 heterocycles. The lowest BCUT2D eigenvalue weighted by atomic mass is 9.97. The van der Waals surface area contributed by atoms with E-state index in [0.29, 0.717) is 96.7 Å². The average molecular weight is 1760 g/mol. The summed E-state index contributed by atoms with van der Waals surface area (Å²) in [5.41, 5.74) is -1.43. The third-order valence-corrected chi connectivity index (χ3v) is 20.8. The third kappa shape index (κ3) is 44.1. The van der Waals surface area contributed by atoms with Crippen molar-refractivity contribution >= 4 is 64.9 Å². The highest BCUT2D eigenvalue weighted by Crippen LogP contribution is 2.27. The van der Waals surface area contributed by atoms with Crippen LogP contribution in [0.1, 0.15) is 188 Å². The van der Waals surface area contributed by atoms with Gasteiger partial charge in [0.2, 0.25) is 59.1 Å². The number of unbranched alkanes of at least 4 members (excludes halogenated alkanes) is 10. The van der Waals surface area contributed by atoms with Crippen molar-refractivity contribution in [1.29, 1.82) is 0 Å². The van der Waals surface area contributed by atoms with Crippen molar-refractivity contribution in [3.63, 3.8) is 0 Å². The summed E-state index contributed by atoms with van der Waals surface area (Å²) >= 11 is 0. The molecular weight excluding hydrogens is 1610 g/mol. The molecule has 122 heavy (non-hydrogen) atoms. The first-order valence-corrected chi connectivity index (χ1v) is 43.1. The van der Waals surface area contributed by atoms with Crippen LogP contribution in [-0.2, 0) is 100 Å². The molecule has 4 rings (SSSR count). The Morgan fingerprint density at radius 3 is 0.975 bits per heavy atom. The van der Waals surface area contributed by atoms with Gasteiger partial charge < -0.3 is 152 Å². The molecule has 4 saturated heterocycles.